The molecule has 0 aliphatic rings. The van der Waals surface area contributed by atoms with Crippen LogP contribution >= 0.6 is 11.6 Å². The summed E-state index contributed by atoms with van der Waals surface area (Å²) in [5.74, 6) is 1.12. The monoisotopic (exact) mass is 305 g/mol. The zero-order chi connectivity index (χ0) is 15.1. The van der Waals surface area contributed by atoms with E-state index in [1.807, 2.05) is 24.4 Å². The van der Waals surface area contributed by atoms with Crippen LogP contribution in [-0.2, 0) is 13.0 Å². The van der Waals surface area contributed by atoms with Crippen LogP contribution in [0.1, 0.15) is 44.1 Å². The number of aryl methyl sites for hydroxylation is 1. The molecular weight excluding hydrogens is 282 g/mol. The second-order valence-corrected chi connectivity index (χ2v) is 5.68. The van der Waals surface area contributed by atoms with Crippen LogP contribution < -0.4 is 5.32 Å². The molecule has 0 radical (unpaired) electrons. The molecule has 1 aromatic carbocycles. The SMILES string of the molecule is CCCNC(Cc1nccn1CCC)c1ccccc1Cl. The minimum atomic E-state index is 0.205. The van der Waals surface area contributed by atoms with Crippen molar-refractivity contribution in [3.05, 3.63) is 53.1 Å². The van der Waals surface area contributed by atoms with E-state index < -0.39 is 0 Å². The third-order valence-electron chi connectivity index (χ3n) is 3.57. The highest BCUT2D eigenvalue weighted by atomic mass is 35.5. The van der Waals surface area contributed by atoms with Crippen LogP contribution in [0, 0.1) is 0 Å². The van der Waals surface area contributed by atoms with Gasteiger partial charge >= 0.3 is 0 Å². The maximum atomic E-state index is 6.37. The summed E-state index contributed by atoms with van der Waals surface area (Å²) in [6.45, 7) is 6.35. The Morgan fingerprint density at radius 3 is 2.76 bits per heavy atom. The molecule has 1 N–H and O–H groups in total. The van der Waals surface area contributed by atoms with Gasteiger partial charge in [-0.1, -0.05) is 43.6 Å². The molecule has 0 saturated heterocycles. The smallest absolute Gasteiger partial charge is 0.110 e. The third-order valence-corrected chi connectivity index (χ3v) is 3.92. The summed E-state index contributed by atoms with van der Waals surface area (Å²) in [6.07, 6.45) is 7.01. The Morgan fingerprint density at radius 2 is 2.05 bits per heavy atom. The summed E-state index contributed by atoms with van der Waals surface area (Å²) >= 11 is 6.37. The van der Waals surface area contributed by atoms with Gasteiger partial charge in [-0.05, 0) is 31.0 Å². The molecule has 0 bridgehead atoms. The average molecular weight is 306 g/mol. The van der Waals surface area contributed by atoms with Crippen molar-refractivity contribution in [3.63, 3.8) is 0 Å². The first-order valence-electron chi connectivity index (χ1n) is 7.74. The fourth-order valence-electron chi connectivity index (χ4n) is 2.53. The Balaban J connectivity index is 2.20. The minimum Gasteiger partial charge on any atom is -0.335 e. The molecule has 114 valence electrons. The number of nitrogens with zero attached hydrogens (tertiary/aromatic N) is 2. The highest BCUT2D eigenvalue weighted by Crippen LogP contribution is 2.25. The van der Waals surface area contributed by atoms with Gasteiger partial charge in [0, 0.05) is 36.4 Å². The molecule has 2 aromatic rings. The summed E-state index contributed by atoms with van der Waals surface area (Å²) in [5, 5.41) is 4.42. The number of imidazole rings is 1. The zero-order valence-electron chi connectivity index (χ0n) is 12.8. The van der Waals surface area contributed by atoms with E-state index in [1.54, 1.807) is 0 Å². The molecular formula is C17H24ClN3. The van der Waals surface area contributed by atoms with Crippen molar-refractivity contribution in [3.8, 4) is 0 Å². The number of halogens is 1. The second kappa shape index (κ2) is 8.20. The van der Waals surface area contributed by atoms with E-state index >= 15 is 0 Å². The van der Waals surface area contributed by atoms with Crippen molar-refractivity contribution in [1.82, 2.24) is 14.9 Å². The summed E-state index contributed by atoms with van der Waals surface area (Å²) in [7, 11) is 0. The molecule has 3 nitrogen and oxygen atoms in total. The lowest BCUT2D eigenvalue weighted by Crippen LogP contribution is -2.25. The van der Waals surface area contributed by atoms with Crippen LogP contribution in [0.2, 0.25) is 5.02 Å². The van der Waals surface area contributed by atoms with E-state index in [0.29, 0.717) is 0 Å². The van der Waals surface area contributed by atoms with Gasteiger partial charge in [0.05, 0.1) is 0 Å². The van der Waals surface area contributed by atoms with Crippen LogP contribution in [0.4, 0.5) is 0 Å². The predicted molar refractivity (Wildman–Crippen MR) is 88.7 cm³/mol. The molecule has 2 rings (SSSR count). The zero-order valence-corrected chi connectivity index (χ0v) is 13.6. The van der Waals surface area contributed by atoms with Crippen molar-refractivity contribution in [2.75, 3.05) is 6.54 Å². The Labute approximate surface area is 132 Å². The quantitative estimate of drug-likeness (QED) is 0.791. The number of hydrogen-bond acceptors (Lipinski definition) is 2. The molecule has 0 aliphatic carbocycles. The highest BCUT2D eigenvalue weighted by Gasteiger charge is 2.16. The molecule has 1 atom stereocenters. The third kappa shape index (κ3) is 4.32. The summed E-state index contributed by atoms with van der Waals surface area (Å²) in [4.78, 5) is 4.52. The Bertz CT molecular complexity index is 550. The van der Waals surface area contributed by atoms with E-state index in [2.05, 4.69) is 41.0 Å². The molecule has 4 heteroatoms. The van der Waals surface area contributed by atoms with Crippen molar-refractivity contribution in [2.24, 2.45) is 0 Å². The van der Waals surface area contributed by atoms with Crippen LogP contribution in [0.3, 0.4) is 0 Å². The first kappa shape index (κ1) is 16.1. The van der Waals surface area contributed by atoms with Crippen LogP contribution in [0.25, 0.3) is 0 Å². The number of nitrogens with one attached hydrogen (secondary N) is 1. The maximum Gasteiger partial charge on any atom is 0.110 e. The average Bonchev–Trinajstić information content (AvgIpc) is 2.92. The lowest BCUT2D eigenvalue weighted by molar-refractivity contribution is 0.502. The van der Waals surface area contributed by atoms with Gasteiger partial charge in [-0.15, -0.1) is 0 Å². The van der Waals surface area contributed by atoms with Crippen molar-refractivity contribution in [2.45, 2.75) is 45.7 Å². The lowest BCUT2D eigenvalue weighted by Gasteiger charge is -2.20. The first-order valence-corrected chi connectivity index (χ1v) is 8.11. The molecule has 1 heterocycles. The van der Waals surface area contributed by atoms with E-state index in [4.69, 9.17) is 11.6 Å². The van der Waals surface area contributed by atoms with Crippen molar-refractivity contribution >= 4 is 11.6 Å². The Morgan fingerprint density at radius 1 is 1.24 bits per heavy atom. The molecule has 0 spiro atoms. The summed E-state index contributed by atoms with van der Waals surface area (Å²) < 4.78 is 2.23. The van der Waals surface area contributed by atoms with Gasteiger partial charge < -0.3 is 9.88 Å². The molecule has 1 unspecified atom stereocenters. The standard InChI is InChI=1S/C17H24ClN3/c1-3-9-19-16(14-7-5-6-8-15(14)18)13-17-20-10-12-21(17)11-4-2/h5-8,10,12,16,19H,3-4,9,11,13H2,1-2H3. The molecule has 0 aliphatic heterocycles. The first-order chi connectivity index (χ1) is 10.3. The molecule has 1 aromatic heterocycles. The van der Waals surface area contributed by atoms with Gasteiger partial charge in [-0.25, -0.2) is 4.98 Å². The number of benzene rings is 1. The molecule has 0 saturated carbocycles. The minimum absolute atomic E-state index is 0.205. The summed E-state index contributed by atoms with van der Waals surface area (Å²) in [6, 6.07) is 8.27. The van der Waals surface area contributed by atoms with Gasteiger partial charge in [0.1, 0.15) is 5.82 Å². The lowest BCUT2D eigenvalue weighted by atomic mass is 10.0. The topological polar surface area (TPSA) is 29.9 Å². The normalized spacial score (nSPS) is 12.5. The fraction of sp³-hybridized carbons (Fsp3) is 0.471. The molecule has 0 fully saturated rings. The van der Waals surface area contributed by atoms with E-state index in [9.17, 15) is 0 Å². The van der Waals surface area contributed by atoms with Gasteiger partial charge in [-0.2, -0.15) is 0 Å². The van der Waals surface area contributed by atoms with Crippen LogP contribution in [0.15, 0.2) is 36.7 Å². The van der Waals surface area contributed by atoms with Gasteiger partial charge in [0.2, 0.25) is 0 Å². The van der Waals surface area contributed by atoms with Crippen LogP contribution in [0.5, 0.6) is 0 Å². The largest absolute Gasteiger partial charge is 0.335 e. The van der Waals surface area contributed by atoms with Crippen LogP contribution in [-0.4, -0.2) is 16.1 Å². The van der Waals surface area contributed by atoms with E-state index in [-0.39, 0.29) is 6.04 Å². The second-order valence-electron chi connectivity index (χ2n) is 5.27. The van der Waals surface area contributed by atoms with E-state index in [1.165, 1.54) is 0 Å². The van der Waals surface area contributed by atoms with Crippen molar-refractivity contribution < 1.29 is 0 Å². The van der Waals surface area contributed by atoms with Gasteiger partial charge in [0.15, 0.2) is 0 Å². The fourth-order valence-corrected chi connectivity index (χ4v) is 2.79. The van der Waals surface area contributed by atoms with Gasteiger partial charge in [0.25, 0.3) is 0 Å². The number of aromatic nitrogens is 2. The van der Waals surface area contributed by atoms with E-state index in [0.717, 1.165) is 48.8 Å². The summed E-state index contributed by atoms with van der Waals surface area (Å²) in [5.41, 5.74) is 1.15. The Kier molecular flexibility index (Phi) is 6.27. The number of hydrogen-bond donors (Lipinski definition) is 1. The number of rotatable bonds is 8. The maximum absolute atomic E-state index is 6.37. The predicted octanol–water partition coefficient (Wildman–Crippen LogP) is 4.23. The molecule has 0 amide bonds. The van der Waals surface area contributed by atoms with Gasteiger partial charge in [-0.3, -0.25) is 0 Å². The Hall–Kier alpha value is -1.32. The molecule has 21 heavy (non-hydrogen) atoms. The highest BCUT2D eigenvalue weighted by molar-refractivity contribution is 6.31. The van der Waals surface area contributed by atoms with Crippen molar-refractivity contribution in [1.29, 1.82) is 0 Å².